The Morgan fingerprint density at radius 3 is 2.39 bits per heavy atom. The van der Waals surface area contributed by atoms with Gasteiger partial charge in [0, 0.05) is 38.9 Å². The number of likely N-dealkylation sites (N-methyl/N-ethyl adjacent to an activating group) is 1. The monoisotopic (exact) mass is 423 g/mol. The van der Waals surface area contributed by atoms with Crippen LogP contribution in [0.15, 0.2) is 48.5 Å². The molecule has 6 nitrogen and oxygen atoms in total. The molecule has 0 spiro atoms. The number of aliphatic hydroxyl groups is 1. The Morgan fingerprint density at radius 1 is 1.16 bits per heavy atom. The maximum atomic E-state index is 11.2. The summed E-state index contributed by atoms with van der Waals surface area (Å²) in [5.41, 5.74) is 2.15. The summed E-state index contributed by atoms with van der Waals surface area (Å²) in [5.74, 6) is -0.950. The first-order valence-electron chi connectivity index (χ1n) is 10.9. The smallest absolute Gasteiger partial charge is 0.335 e. The first-order chi connectivity index (χ1) is 14.9. The Labute approximate surface area is 185 Å². The van der Waals surface area contributed by atoms with E-state index < -0.39 is 11.6 Å². The second-order valence-corrected chi connectivity index (χ2v) is 7.84. The largest absolute Gasteiger partial charge is 0.478 e. The summed E-state index contributed by atoms with van der Waals surface area (Å²) in [6.45, 7) is 7.06. The summed E-state index contributed by atoms with van der Waals surface area (Å²) in [6.07, 6.45) is 2.29. The van der Waals surface area contributed by atoms with Crippen molar-refractivity contribution in [3.63, 3.8) is 0 Å². The number of nitrogens with zero attached hydrogens (tertiary/aromatic N) is 3. The number of aromatic carboxylic acids is 1. The van der Waals surface area contributed by atoms with E-state index in [1.807, 2.05) is 56.1 Å². The van der Waals surface area contributed by atoms with Crippen LogP contribution in [0.4, 0.5) is 5.69 Å². The summed E-state index contributed by atoms with van der Waals surface area (Å²) in [6, 6.07) is 16.6. The number of hydrogen-bond acceptors (Lipinski definition) is 5. The highest BCUT2D eigenvalue weighted by atomic mass is 16.4. The predicted octanol–water partition coefficient (Wildman–Crippen LogP) is 3.79. The Kier molecular flexibility index (Phi) is 9.04. The van der Waals surface area contributed by atoms with Crippen molar-refractivity contribution >= 4 is 11.7 Å². The summed E-state index contributed by atoms with van der Waals surface area (Å²) < 4.78 is 0. The zero-order valence-corrected chi connectivity index (χ0v) is 18.7. The first kappa shape index (κ1) is 24.4. The number of nitriles is 1. The van der Waals surface area contributed by atoms with Crippen LogP contribution in [-0.2, 0) is 6.42 Å². The normalized spacial score (nSPS) is 15.3. The highest BCUT2D eigenvalue weighted by molar-refractivity contribution is 5.88. The van der Waals surface area contributed by atoms with Crippen molar-refractivity contribution in [1.82, 2.24) is 4.90 Å². The Morgan fingerprint density at radius 2 is 1.81 bits per heavy atom. The van der Waals surface area contributed by atoms with Gasteiger partial charge in [-0.05, 0) is 55.2 Å². The molecule has 31 heavy (non-hydrogen) atoms. The van der Waals surface area contributed by atoms with Crippen molar-refractivity contribution < 1.29 is 15.0 Å². The van der Waals surface area contributed by atoms with Crippen molar-refractivity contribution in [1.29, 1.82) is 5.26 Å². The molecule has 3 rings (SSSR count). The SMILES string of the molecule is CC.CN(CC1(O)CCN(CCc2ccc(C#N)cc2)CC1)c1cccc(C(=O)O)c1. The van der Waals surface area contributed by atoms with Crippen molar-refractivity contribution in [3.8, 4) is 6.07 Å². The summed E-state index contributed by atoms with van der Waals surface area (Å²) in [5, 5.41) is 29.1. The third-order valence-corrected chi connectivity index (χ3v) is 5.65. The van der Waals surface area contributed by atoms with Gasteiger partial charge in [0.1, 0.15) is 0 Å². The molecule has 0 radical (unpaired) electrons. The number of anilines is 1. The zero-order valence-electron chi connectivity index (χ0n) is 18.7. The molecule has 2 aromatic rings. The molecule has 1 aliphatic rings. The quantitative estimate of drug-likeness (QED) is 0.705. The van der Waals surface area contributed by atoms with Crippen LogP contribution in [0.25, 0.3) is 0 Å². The van der Waals surface area contributed by atoms with Crippen LogP contribution in [0.5, 0.6) is 0 Å². The molecular weight excluding hydrogens is 390 g/mol. The van der Waals surface area contributed by atoms with Gasteiger partial charge in [-0.3, -0.25) is 0 Å². The van der Waals surface area contributed by atoms with Crippen LogP contribution in [0, 0.1) is 11.3 Å². The Hall–Kier alpha value is -2.88. The lowest BCUT2D eigenvalue weighted by Crippen LogP contribution is -2.50. The molecule has 2 aromatic carbocycles. The maximum absolute atomic E-state index is 11.2. The molecule has 0 aliphatic carbocycles. The number of likely N-dealkylation sites (tertiary alicyclic amines) is 1. The minimum atomic E-state index is -0.950. The third-order valence-electron chi connectivity index (χ3n) is 5.65. The topological polar surface area (TPSA) is 87.8 Å². The molecule has 1 saturated heterocycles. The molecule has 166 valence electrons. The van der Waals surface area contributed by atoms with Gasteiger partial charge in [-0.2, -0.15) is 5.26 Å². The Balaban J connectivity index is 0.00000166. The van der Waals surface area contributed by atoms with E-state index in [4.69, 9.17) is 10.4 Å². The first-order valence-corrected chi connectivity index (χ1v) is 10.9. The molecule has 1 fully saturated rings. The second kappa shape index (κ2) is 11.5. The number of hydrogen-bond donors (Lipinski definition) is 2. The standard InChI is InChI=1S/C23H27N3O3.C2H6/c1-25(21-4-2-3-20(15-21)22(27)28)17-23(29)10-13-26(14-11-23)12-9-18-5-7-19(16-24)8-6-18;1-2/h2-8,15,29H,9-14,17H2,1H3,(H,27,28);1-2H3. The van der Waals surface area contributed by atoms with E-state index in [-0.39, 0.29) is 5.56 Å². The molecule has 2 N–H and O–H groups in total. The molecule has 1 aliphatic heterocycles. The van der Waals surface area contributed by atoms with E-state index in [1.165, 1.54) is 5.56 Å². The van der Waals surface area contributed by atoms with Crippen LogP contribution in [0.3, 0.4) is 0 Å². The van der Waals surface area contributed by atoms with Gasteiger partial charge in [-0.1, -0.05) is 32.0 Å². The number of benzene rings is 2. The second-order valence-electron chi connectivity index (χ2n) is 7.84. The molecule has 0 saturated carbocycles. The summed E-state index contributed by atoms with van der Waals surface area (Å²) >= 11 is 0. The van der Waals surface area contributed by atoms with Crippen molar-refractivity contribution in [2.75, 3.05) is 38.1 Å². The van der Waals surface area contributed by atoms with Gasteiger partial charge in [-0.15, -0.1) is 0 Å². The van der Waals surface area contributed by atoms with Crippen molar-refractivity contribution in [3.05, 3.63) is 65.2 Å². The number of carbonyl (C=O) groups is 1. The lowest BCUT2D eigenvalue weighted by molar-refractivity contribution is -0.0137. The van der Waals surface area contributed by atoms with Crippen molar-refractivity contribution in [2.45, 2.75) is 38.7 Å². The van der Waals surface area contributed by atoms with Gasteiger partial charge < -0.3 is 20.0 Å². The summed E-state index contributed by atoms with van der Waals surface area (Å²) in [4.78, 5) is 15.5. The molecule has 0 unspecified atom stereocenters. The van der Waals surface area contributed by atoms with Crippen molar-refractivity contribution in [2.24, 2.45) is 0 Å². The van der Waals surface area contributed by atoms with E-state index in [0.29, 0.717) is 24.9 Å². The molecule has 0 aromatic heterocycles. The fourth-order valence-corrected chi connectivity index (χ4v) is 3.79. The van der Waals surface area contributed by atoms with E-state index in [2.05, 4.69) is 11.0 Å². The number of carboxylic acids is 1. The van der Waals surface area contributed by atoms with Gasteiger partial charge in [0.2, 0.25) is 0 Å². The minimum Gasteiger partial charge on any atom is -0.478 e. The van der Waals surface area contributed by atoms with Crippen LogP contribution in [-0.4, -0.2) is 59.9 Å². The number of piperidine rings is 1. The fourth-order valence-electron chi connectivity index (χ4n) is 3.79. The maximum Gasteiger partial charge on any atom is 0.335 e. The van der Waals surface area contributed by atoms with Crippen LogP contribution in [0.1, 0.15) is 48.2 Å². The predicted molar refractivity (Wildman–Crippen MR) is 124 cm³/mol. The van der Waals surface area contributed by atoms with Gasteiger partial charge in [0.15, 0.2) is 0 Å². The highest BCUT2D eigenvalue weighted by Gasteiger charge is 2.33. The van der Waals surface area contributed by atoms with Gasteiger partial charge in [-0.25, -0.2) is 4.79 Å². The molecular formula is C25H33N3O3. The van der Waals surface area contributed by atoms with Gasteiger partial charge in [0.05, 0.1) is 22.8 Å². The summed E-state index contributed by atoms with van der Waals surface area (Å²) in [7, 11) is 1.89. The van der Waals surface area contributed by atoms with Crippen LogP contribution >= 0.6 is 0 Å². The molecule has 0 amide bonds. The van der Waals surface area contributed by atoms with E-state index >= 15 is 0 Å². The average molecular weight is 424 g/mol. The van der Waals surface area contributed by atoms with E-state index in [1.54, 1.807) is 18.2 Å². The van der Waals surface area contributed by atoms with E-state index in [9.17, 15) is 9.90 Å². The highest BCUT2D eigenvalue weighted by Crippen LogP contribution is 2.26. The molecule has 6 heteroatoms. The number of carboxylic acid groups (broad SMARTS) is 1. The Bertz CT molecular complexity index is 882. The van der Waals surface area contributed by atoms with Crippen LogP contribution in [0.2, 0.25) is 0 Å². The van der Waals surface area contributed by atoms with Crippen LogP contribution < -0.4 is 4.90 Å². The number of rotatable bonds is 7. The molecule has 0 bridgehead atoms. The molecule has 1 heterocycles. The molecule has 0 atom stereocenters. The third kappa shape index (κ3) is 7.09. The minimum absolute atomic E-state index is 0.249. The van der Waals surface area contributed by atoms with Gasteiger partial charge >= 0.3 is 5.97 Å². The lowest BCUT2D eigenvalue weighted by atomic mass is 9.90. The lowest BCUT2D eigenvalue weighted by Gasteiger charge is -2.40. The van der Waals surface area contributed by atoms with E-state index in [0.717, 1.165) is 31.7 Å². The zero-order chi connectivity index (χ0) is 22.9. The average Bonchev–Trinajstić information content (AvgIpc) is 2.80. The van der Waals surface area contributed by atoms with Gasteiger partial charge in [0.25, 0.3) is 0 Å². The fraction of sp³-hybridized carbons (Fsp3) is 0.440.